The van der Waals surface area contributed by atoms with Crippen molar-refractivity contribution in [1.82, 2.24) is 0 Å². The van der Waals surface area contributed by atoms with Crippen molar-refractivity contribution in [2.24, 2.45) is 0 Å². The van der Waals surface area contributed by atoms with Crippen LogP contribution in [-0.4, -0.2) is 15.4 Å². The number of unbranched alkanes of at least 4 members (excludes halogenated alkanes) is 1. The van der Waals surface area contributed by atoms with Crippen LogP contribution < -0.4 is 4.74 Å². The average Bonchev–Trinajstić information content (AvgIpc) is 2.54. The topological polar surface area (TPSA) is 46.5 Å². The molecule has 0 saturated heterocycles. The molecule has 1 unspecified atom stereocenters. The minimum absolute atomic E-state index is 0.425. The first kappa shape index (κ1) is 17.5. The number of carboxylic acids is 1. The van der Waals surface area contributed by atoms with Crippen molar-refractivity contribution in [3.63, 3.8) is 0 Å². The van der Waals surface area contributed by atoms with E-state index in [-0.39, 0.29) is 0 Å². The molecule has 1 atom stereocenters. The first-order valence-corrected chi connectivity index (χ1v) is 8.57. The molecule has 0 aliphatic heterocycles. The first-order chi connectivity index (χ1) is 11.0. The summed E-state index contributed by atoms with van der Waals surface area (Å²) in [5.41, 5.74) is 0.939. The molecule has 0 amide bonds. The van der Waals surface area contributed by atoms with Crippen LogP contribution in [0.2, 0.25) is 0 Å². The number of hydrogen-bond acceptors (Lipinski definition) is 2. The number of halogens is 1. The van der Waals surface area contributed by atoms with Gasteiger partial charge < -0.3 is 9.84 Å². The molecule has 2 aromatic rings. The van der Waals surface area contributed by atoms with Crippen LogP contribution in [0.3, 0.4) is 0 Å². The van der Waals surface area contributed by atoms with Crippen molar-refractivity contribution >= 4 is 21.9 Å². The van der Waals surface area contributed by atoms with Crippen molar-refractivity contribution in [3.8, 4) is 11.5 Å². The standard InChI is InChI=1S/C19H21BrO3/c1-2-3-12-19(20,18(21)22)14-15-8-7-11-17(13-15)23-16-9-5-4-6-10-16/h4-11,13H,2-3,12,14H2,1H3,(H,21,22). The maximum absolute atomic E-state index is 11.6. The Balaban J connectivity index is 2.13. The number of ether oxygens (including phenoxy) is 1. The molecule has 0 aliphatic rings. The highest BCUT2D eigenvalue weighted by atomic mass is 79.9. The predicted octanol–water partition coefficient (Wildman–Crippen LogP) is 5.43. The zero-order valence-electron chi connectivity index (χ0n) is 13.2. The van der Waals surface area contributed by atoms with Gasteiger partial charge >= 0.3 is 5.97 Å². The molecule has 0 aromatic heterocycles. The summed E-state index contributed by atoms with van der Waals surface area (Å²) in [4.78, 5) is 11.6. The van der Waals surface area contributed by atoms with Gasteiger partial charge in [-0.05, 0) is 42.7 Å². The molecule has 4 heteroatoms. The van der Waals surface area contributed by atoms with E-state index in [1.165, 1.54) is 0 Å². The minimum Gasteiger partial charge on any atom is -0.480 e. The molecule has 0 saturated carbocycles. The number of carboxylic acid groups (broad SMARTS) is 1. The Morgan fingerprint density at radius 1 is 1.13 bits per heavy atom. The summed E-state index contributed by atoms with van der Waals surface area (Å²) >= 11 is 3.44. The Labute approximate surface area is 145 Å². The summed E-state index contributed by atoms with van der Waals surface area (Å²) in [6, 6.07) is 17.1. The summed E-state index contributed by atoms with van der Waals surface area (Å²) in [5, 5.41) is 9.55. The Morgan fingerprint density at radius 2 is 1.83 bits per heavy atom. The van der Waals surface area contributed by atoms with Crippen LogP contribution in [0.15, 0.2) is 54.6 Å². The Kier molecular flexibility index (Phi) is 6.22. The molecule has 2 rings (SSSR count). The summed E-state index contributed by atoms with van der Waals surface area (Å²) in [7, 11) is 0. The van der Waals surface area contributed by atoms with Crippen LogP contribution in [0.25, 0.3) is 0 Å². The van der Waals surface area contributed by atoms with E-state index in [0.717, 1.165) is 24.2 Å². The van der Waals surface area contributed by atoms with Crippen molar-refractivity contribution in [3.05, 3.63) is 60.2 Å². The van der Waals surface area contributed by atoms with E-state index in [4.69, 9.17) is 4.74 Å². The molecule has 0 radical (unpaired) electrons. The van der Waals surface area contributed by atoms with Gasteiger partial charge in [0.2, 0.25) is 0 Å². The number of benzene rings is 2. The first-order valence-electron chi connectivity index (χ1n) is 7.77. The van der Waals surface area contributed by atoms with Crippen molar-refractivity contribution < 1.29 is 14.6 Å². The predicted molar refractivity (Wildman–Crippen MR) is 95.5 cm³/mol. The van der Waals surface area contributed by atoms with Gasteiger partial charge in [0.1, 0.15) is 15.8 Å². The van der Waals surface area contributed by atoms with Gasteiger partial charge in [0.15, 0.2) is 0 Å². The van der Waals surface area contributed by atoms with Gasteiger partial charge in [0.05, 0.1) is 0 Å². The lowest BCUT2D eigenvalue weighted by molar-refractivity contribution is -0.139. The fourth-order valence-electron chi connectivity index (χ4n) is 2.40. The number of hydrogen-bond donors (Lipinski definition) is 1. The monoisotopic (exact) mass is 376 g/mol. The number of alkyl halides is 1. The van der Waals surface area contributed by atoms with Crippen molar-refractivity contribution in [1.29, 1.82) is 0 Å². The van der Waals surface area contributed by atoms with Gasteiger partial charge in [-0.15, -0.1) is 0 Å². The second kappa shape index (κ2) is 8.16. The third-order valence-corrected chi connectivity index (χ3v) is 4.69. The smallest absolute Gasteiger partial charge is 0.320 e. The highest BCUT2D eigenvalue weighted by Crippen LogP contribution is 2.31. The lowest BCUT2D eigenvalue weighted by Gasteiger charge is -2.23. The van der Waals surface area contributed by atoms with E-state index < -0.39 is 10.3 Å². The molecule has 1 N–H and O–H groups in total. The Hall–Kier alpha value is -1.81. The SMILES string of the molecule is CCCCC(Br)(Cc1cccc(Oc2ccccc2)c1)C(=O)O. The van der Waals surface area contributed by atoms with Gasteiger partial charge in [0, 0.05) is 0 Å². The molecular weight excluding hydrogens is 356 g/mol. The third-order valence-electron chi connectivity index (χ3n) is 3.67. The van der Waals surface area contributed by atoms with Crippen LogP contribution in [0.5, 0.6) is 11.5 Å². The molecule has 0 bridgehead atoms. The fraction of sp³-hybridized carbons (Fsp3) is 0.316. The number of carbonyl (C=O) groups is 1. The fourth-order valence-corrected chi connectivity index (χ4v) is 3.00. The minimum atomic E-state index is -0.922. The molecule has 0 aliphatic carbocycles. The molecule has 0 spiro atoms. The third kappa shape index (κ3) is 5.10. The van der Waals surface area contributed by atoms with E-state index in [9.17, 15) is 9.90 Å². The average molecular weight is 377 g/mol. The van der Waals surface area contributed by atoms with Gasteiger partial charge in [-0.25, -0.2) is 0 Å². The summed E-state index contributed by atoms with van der Waals surface area (Å²) in [5.74, 6) is 0.656. The highest BCUT2D eigenvalue weighted by molar-refractivity contribution is 9.10. The van der Waals surface area contributed by atoms with Crippen LogP contribution in [0.4, 0.5) is 0 Å². The molecule has 23 heavy (non-hydrogen) atoms. The lowest BCUT2D eigenvalue weighted by Crippen LogP contribution is -2.34. The molecule has 122 valence electrons. The van der Waals surface area contributed by atoms with Gasteiger partial charge in [-0.2, -0.15) is 0 Å². The molecule has 0 fully saturated rings. The summed E-state index contributed by atoms with van der Waals surface area (Å²) < 4.78 is 4.89. The zero-order valence-corrected chi connectivity index (χ0v) is 14.8. The Morgan fingerprint density at radius 3 is 2.48 bits per heavy atom. The quantitative estimate of drug-likeness (QED) is 0.624. The van der Waals surface area contributed by atoms with E-state index in [2.05, 4.69) is 22.9 Å². The highest BCUT2D eigenvalue weighted by Gasteiger charge is 2.35. The van der Waals surface area contributed by atoms with Crippen LogP contribution >= 0.6 is 15.9 Å². The second-order valence-corrected chi connectivity index (χ2v) is 7.13. The summed E-state index contributed by atoms with van der Waals surface area (Å²) in [6.07, 6.45) is 2.87. The maximum atomic E-state index is 11.6. The second-order valence-electron chi connectivity index (χ2n) is 5.61. The summed E-state index contributed by atoms with van der Waals surface area (Å²) in [6.45, 7) is 2.06. The van der Waals surface area contributed by atoms with Gasteiger partial charge in [-0.1, -0.05) is 66.0 Å². The van der Waals surface area contributed by atoms with Crippen molar-refractivity contribution in [2.75, 3.05) is 0 Å². The molecule has 3 nitrogen and oxygen atoms in total. The van der Waals surface area contributed by atoms with E-state index in [1.807, 2.05) is 54.6 Å². The van der Waals surface area contributed by atoms with E-state index >= 15 is 0 Å². The van der Waals surface area contributed by atoms with Crippen LogP contribution in [0, 0.1) is 0 Å². The largest absolute Gasteiger partial charge is 0.480 e. The van der Waals surface area contributed by atoms with Crippen LogP contribution in [-0.2, 0) is 11.2 Å². The van der Waals surface area contributed by atoms with Gasteiger partial charge in [0.25, 0.3) is 0 Å². The van der Waals surface area contributed by atoms with Crippen molar-refractivity contribution in [2.45, 2.75) is 36.9 Å². The lowest BCUT2D eigenvalue weighted by atomic mass is 9.94. The Bertz CT molecular complexity index is 642. The zero-order chi connectivity index (χ0) is 16.7. The number of aliphatic carboxylic acids is 1. The maximum Gasteiger partial charge on any atom is 0.320 e. The number of rotatable bonds is 8. The van der Waals surface area contributed by atoms with Crippen LogP contribution in [0.1, 0.15) is 31.7 Å². The molecule has 2 aromatic carbocycles. The number of para-hydroxylation sites is 1. The van der Waals surface area contributed by atoms with E-state index in [0.29, 0.717) is 18.6 Å². The van der Waals surface area contributed by atoms with Gasteiger partial charge in [-0.3, -0.25) is 4.79 Å². The normalized spacial score (nSPS) is 13.3. The molecule has 0 heterocycles. The molecular formula is C19H21BrO3. The van der Waals surface area contributed by atoms with E-state index in [1.54, 1.807) is 0 Å².